The number of hydrogen-bond acceptors (Lipinski definition) is 3. The number of β-lactam (4-membered cyclic amide) rings is 1. The first-order valence-electron chi connectivity index (χ1n) is 9.25. The molecule has 6 heteroatoms. The minimum atomic E-state index is -3.36. The van der Waals surface area contributed by atoms with Crippen molar-refractivity contribution in [3.05, 3.63) is 70.7 Å². The van der Waals surface area contributed by atoms with Crippen LogP contribution in [0.1, 0.15) is 36.8 Å². The summed E-state index contributed by atoms with van der Waals surface area (Å²) in [7, 11) is -3.36. The van der Waals surface area contributed by atoms with Gasteiger partial charge in [0, 0.05) is 11.6 Å². The van der Waals surface area contributed by atoms with Gasteiger partial charge in [0.15, 0.2) is 9.84 Å². The Hall–Kier alpha value is -1.85. The molecule has 2 aromatic carbocycles. The van der Waals surface area contributed by atoms with E-state index in [9.17, 15) is 13.2 Å². The zero-order valence-corrected chi connectivity index (χ0v) is 16.8. The highest BCUT2D eigenvalue weighted by molar-refractivity contribution is 7.91. The second-order valence-electron chi connectivity index (χ2n) is 6.98. The molecule has 1 aliphatic rings. The Kier molecular flexibility index (Phi) is 6.55. The lowest BCUT2D eigenvalue weighted by molar-refractivity contribution is -0.141. The first-order valence-corrected chi connectivity index (χ1v) is 11.3. The monoisotopic (exact) mass is 405 g/mol. The molecular weight excluding hydrogens is 382 g/mol. The molecule has 0 aromatic heterocycles. The quantitative estimate of drug-likeness (QED) is 0.463. The van der Waals surface area contributed by atoms with Crippen molar-refractivity contribution in [3.8, 4) is 0 Å². The molecule has 1 saturated heterocycles. The summed E-state index contributed by atoms with van der Waals surface area (Å²) < 4.78 is 25.3. The number of amides is 1. The van der Waals surface area contributed by atoms with E-state index in [0.717, 1.165) is 36.3 Å². The molecule has 1 amide bonds. The molecule has 1 aliphatic heterocycles. The number of aryl methyl sites for hydroxylation is 1. The number of hydrogen-bond donors (Lipinski definition) is 0. The van der Waals surface area contributed by atoms with E-state index in [4.69, 9.17) is 11.6 Å². The predicted octanol–water partition coefficient (Wildman–Crippen LogP) is 4.23. The fourth-order valence-corrected chi connectivity index (χ4v) is 5.34. The van der Waals surface area contributed by atoms with Crippen molar-refractivity contribution in [2.24, 2.45) is 0 Å². The molecule has 1 fully saturated rings. The maximum Gasteiger partial charge on any atom is 0.226 e. The number of carbonyl (C=O) groups excluding carboxylic acids is 1. The summed E-state index contributed by atoms with van der Waals surface area (Å²) in [6.45, 7) is 0.512. The lowest BCUT2D eigenvalue weighted by atomic mass is 10.1. The smallest absolute Gasteiger partial charge is 0.226 e. The largest absolute Gasteiger partial charge is 0.325 e. The lowest BCUT2D eigenvalue weighted by Gasteiger charge is -2.39. The standard InChI is InChI=1S/C21H24ClNO3S/c22-19-12-10-17(11-13-19)7-5-2-6-14-23-20(24)15-21(23)27(25,26)16-18-8-3-1-4-9-18/h1,3-4,8-13,21H,2,5-7,14-16H2. The number of benzene rings is 2. The number of rotatable bonds is 9. The minimum absolute atomic E-state index is 0.0150. The van der Waals surface area contributed by atoms with Crippen LogP contribution in [0.4, 0.5) is 0 Å². The molecule has 0 radical (unpaired) electrons. The SMILES string of the molecule is O=C1CC(S(=O)(=O)Cc2ccccc2)N1CCCCCc1ccc(Cl)cc1. The summed E-state index contributed by atoms with van der Waals surface area (Å²) in [5, 5.41) is 0.0688. The topological polar surface area (TPSA) is 54.5 Å². The molecule has 2 aromatic rings. The second kappa shape index (κ2) is 8.89. The Morgan fingerprint density at radius 1 is 0.926 bits per heavy atom. The van der Waals surface area contributed by atoms with E-state index in [2.05, 4.69) is 0 Å². The third-order valence-electron chi connectivity index (χ3n) is 4.92. The Labute approximate surface area is 166 Å². The average molecular weight is 406 g/mol. The van der Waals surface area contributed by atoms with Crippen molar-refractivity contribution in [2.45, 2.75) is 43.2 Å². The molecule has 0 saturated carbocycles. The van der Waals surface area contributed by atoms with E-state index in [1.807, 2.05) is 42.5 Å². The Balaban J connectivity index is 1.45. The molecule has 3 rings (SSSR count). The van der Waals surface area contributed by atoms with Crippen LogP contribution in [0.3, 0.4) is 0 Å². The highest BCUT2D eigenvalue weighted by Gasteiger charge is 2.44. The van der Waals surface area contributed by atoms with E-state index in [0.29, 0.717) is 6.54 Å². The van der Waals surface area contributed by atoms with Crippen LogP contribution < -0.4 is 0 Å². The van der Waals surface area contributed by atoms with Gasteiger partial charge < -0.3 is 4.90 Å². The van der Waals surface area contributed by atoms with Crippen molar-refractivity contribution in [1.29, 1.82) is 0 Å². The summed E-state index contributed by atoms with van der Waals surface area (Å²) in [6.07, 6.45) is 3.85. The van der Waals surface area contributed by atoms with E-state index in [-0.39, 0.29) is 18.1 Å². The minimum Gasteiger partial charge on any atom is -0.325 e. The maximum absolute atomic E-state index is 12.6. The van der Waals surface area contributed by atoms with Gasteiger partial charge in [-0.2, -0.15) is 0 Å². The molecule has 0 spiro atoms. The average Bonchev–Trinajstić information content (AvgIpc) is 2.64. The van der Waals surface area contributed by atoms with Gasteiger partial charge in [0.2, 0.25) is 5.91 Å². The van der Waals surface area contributed by atoms with Crippen molar-refractivity contribution in [1.82, 2.24) is 4.90 Å². The molecular formula is C21H24ClNO3S. The van der Waals surface area contributed by atoms with Gasteiger partial charge in [0.05, 0.1) is 12.2 Å². The lowest BCUT2D eigenvalue weighted by Crippen LogP contribution is -2.56. The number of carbonyl (C=O) groups is 1. The zero-order chi connectivity index (χ0) is 19.3. The Morgan fingerprint density at radius 2 is 1.63 bits per heavy atom. The summed E-state index contributed by atoms with van der Waals surface area (Å²) >= 11 is 5.88. The summed E-state index contributed by atoms with van der Waals surface area (Å²) in [5.41, 5.74) is 2.00. The molecule has 0 aliphatic carbocycles. The van der Waals surface area contributed by atoms with Gasteiger partial charge in [0.25, 0.3) is 0 Å². The third kappa shape index (κ3) is 5.33. The molecule has 1 heterocycles. The van der Waals surface area contributed by atoms with Crippen molar-refractivity contribution < 1.29 is 13.2 Å². The Bertz CT molecular complexity index is 866. The number of halogens is 1. The number of likely N-dealkylation sites (tertiary alicyclic amines) is 1. The van der Waals surface area contributed by atoms with Crippen LogP contribution in [0, 0.1) is 0 Å². The van der Waals surface area contributed by atoms with Crippen molar-refractivity contribution in [2.75, 3.05) is 6.54 Å². The fraction of sp³-hybridized carbons (Fsp3) is 0.381. The molecule has 144 valence electrons. The molecule has 27 heavy (non-hydrogen) atoms. The Morgan fingerprint density at radius 3 is 2.30 bits per heavy atom. The highest BCUT2D eigenvalue weighted by Crippen LogP contribution is 2.27. The second-order valence-corrected chi connectivity index (χ2v) is 9.57. The van der Waals surface area contributed by atoms with Gasteiger partial charge in [-0.1, -0.05) is 60.5 Å². The maximum atomic E-state index is 12.6. The van der Waals surface area contributed by atoms with Crippen LogP contribution in [-0.4, -0.2) is 31.1 Å². The van der Waals surface area contributed by atoms with E-state index in [1.165, 1.54) is 10.5 Å². The number of sulfone groups is 1. The van der Waals surface area contributed by atoms with Gasteiger partial charge in [-0.3, -0.25) is 4.79 Å². The van der Waals surface area contributed by atoms with Crippen LogP contribution in [-0.2, 0) is 26.8 Å². The third-order valence-corrected chi connectivity index (χ3v) is 7.16. The van der Waals surface area contributed by atoms with Crippen molar-refractivity contribution in [3.63, 3.8) is 0 Å². The van der Waals surface area contributed by atoms with Gasteiger partial charge in [-0.25, -0.2) is 8.42 Å². The zero-order valence-electron chi connectivity index (χ0n) is 15.2. The van der Waals surface area contributed by atoms with Crippen LogP contribution in [0.5, 0.6) is 0 Å². The van der Waals surface area contributed by atoms with E-state index < -0.39 is 15.2 Å². The molecule has 0 N–H and O–H groups in total. The molecule has 0 bridgehead atoms. The summed E-state index contributed by atoms with van der Waals surface area (Å²) in [6, 6.07) is 16.9. The van der Waals surface area contributed by atoms with Gasteiger partial charge >= 0.3 is 0 Å². The number of unbranched alkanes of at least 4 members (excludes halogenated alkanes) is 2. The summed E-state index contributed by atoms with van der Waals surface area (Å²) in [4.78, 5) is 13.4. The van der Waals surface area contributed by atoms with Crippen LogP contribution in [0.15, 0.2) is 54.6 Å². The van der Waals surface area contributed by atoms with Crippen LogP contribution in [0.25, 0.3) is 0 Å². The van der Waals surface area contributed by atoms with E-state index in [1.54, 1.807) is 12.1 Å². The van der Waals surface area contributed by atoms with Crippen LogP contribution in [0.2, 0.25) is 5.02 Å². The van der Waals surface area contributed by atoms with Gasteiger partial charge in [-0.05, 0) is 42.5 Å². The van der Waals surface area contributed by atoms with E-state index >= 15 is 0 Å². The fourth-order valence-electron chi connectivity index (χ4n) is 3.36. The first-order chi connectivity index (χ1) is 13.0. The van der Waals surface area contributed by atoms with Crippen molar-refractivity contribution >= 4 is 27.3 Å². The van der Waals surface area contributed by atoms with Gasteiger partial charge in [0.1, 0.15) is 5.37 Å². The molecule has 4 nitrogen and oxygen atoms in total. The highest BCUT2D eigenvalue weighted by atomic mass is 35.5. The normalized spacial score (nSPS) is 17.0. The van der Waals surface area contributed by atoms with Crippen LogP contribution >= 0.6 is 11.6 Å². The van der Waals surface area contributed by atoms with Gasteiger partial charge in [-0.15, -0.1) is 0 Å². The number of nitrogens with zero attached hydrogens (tertiary/aromatic N) is 1. The molecule has 1 unspecified atom stereocenters. The molecule has 1 atom stereocenters. The summed E-state index contributed by atoms with van der Waals surface area (Å²) in [5.74, 6) is -0.0758. The first kappa shape index (κ1) is 19.9. The predicted molar refractivity (Wildman–Crippen MR) is 108 cm³/mol.